The number of nitrogens with one attached hydrogen (secondary N) is 1. The van der Waals surface area contributed by atoms with E-state index in [0.29, 0.717) is 6.54 Å². The lowest BCUT2D eigenvalue weighted by molar-refractivity contribution is 0.207. The van der Waals surface area contributed by atoms with Crippen LogP contribution in [0.5, 0.6) is 0 Å². The molecule has 11 heteroatoms. The molecule has 1 unspecified atom stereocenters. The van der Waals surface area contributed by atoms with Gasteiger partial charge < -0.3 is 4.42 Å². The van der Waals surface area contributed by atoms with E-state index >= 15 is 4.39 Å². The first-order chi connectivity index (χ1) is 17.7. The molecule has 190 valence electrons. The number of hydrogen-bond acceptors (Lipinski definition) is 6. The zero-order chi connectivity index (χ0) is 26.2. The number of pyridine rings is 1. The number of likely N-dealkylation sites (tertiary alicyclic amines) is 1. The van der Waals surface area contributed by atoms with Gasteiger partial charge in [-0.3, -0.25) is 14.2 Å². The smallest absolute Gasteiger partial charge is 0.408 e. The maximum Gasteiger partial charge on any atom is 0.420 e. The van der Waals surface area contributed by atoms with Crippen LogP contribution in [0.15, 0.2) is 68.7 Å². The highest BCUT2D eigenvalue weighted by atomic mass is 32.2. The predicted molar refractivity (Wildman–Crippen MR) is 134 cm³/mol. The molecule has 1 saturated heterocycles. The number of rotatable bonds is 6. The van der Waals surface area contributed by atoms with Gasteiger partial charge in [0, 0.05) is 30.8 Å². The number of benzene rings is 2. The first-order valence-corrected chi connectivity index (χ1v) is 13.0. The first kappa shape index (κ1) is 24.7. The number of halogens is 2. The zero-order valence-corrected chi connectivity index (χ0v) is 20.6. The summed E-state index contributed by atoms with van der Waals surface area (Å²) >= 11 is 0. The van der Waals surface area contributed by atoms with E-state index in [1.54, 1.807) is 6.92 Å². The van der Waals surface area contributed by atoms with Gasteiger partial charge >= 0.3 is 5.76 Å². The topological polar surface area (TPSA) is 97.4 Å². The third kappa shape index (κ3) is 5.12. The number of anilines is 1. The summed E-state index contributed by atoms with van der Waals surface area (Å²) in [5, 5.41) is 0. The van der Waals surface area contributed by atoms with Crippen molar-refractivity contribution in [1.82, 2.24) is 14.5 Å². The highest BCUT2D eigenvalue weighted by Gasteiger charge is 2.25. The van der Waals surface area contributed by atoms with E-state index in [1.165, 1.54) is 23.1 Å². The molecular weight excluding hydrogens is 502 g/mol. The lowest BCUT2D eigenvalue weighted by Crippen LogP contribution is -2.37. The van der Waals surface area contributed by atoms with Crippen molar-refractivity contribution in [3.63, 3.8) is 0 Å². The van der Waals surface area contributed by atoms with Crippen molar-refractivity contribution in [3.8, 4) is 11.8 Å². The summed E-state index contributed by atoms with van der Waals surface area (Å²) in [5.74, 6) is 3.17. The molecule has 0 aliphatic carbocycles. The molecule has 0 bridgehead atoms. The van der Waals surface area contributed by atoms with E-state index in [9.17, 15) is 17.6 Å². The zero-order valence-electron chi connectivity index (χ0n) is 19.7. The molecule has 0 radical (unpaired) electrons. The normalized spacial score (nSPS) is 14.6. The summed E-state index contributed by atoms with van der Waals surface area (Å²) in [4.78, 5) is 17.6. The van der Waals surface area contributed by atoms with E-state index in [4.69, 9.17) is 4.42 Å². The SMILES string of the molecule is CC(c1cccc(C#CCN2CCC2)c1)n1c(=O)oc2cc(S(=O)(=O)Nc3cccc(F)n3)c(F)cc21. The second kappa shape index (κ2) is 9.80. The lowest BCUT2D eigenvalue weighted by atomic mass is 10.0. The summed E-state index contributed by atoms with van der Waals surface area (Å²) in [5.41, 5.74) is 1.50. The monoisotopic (exact) mass is 524 g/mol. The van der Waals surface area contributed by atoms with Gasteiger partial charge in [0.15, 0.2) is 5.58 Å². The van der Waals surface area contributed by atoms with Gasteiger partial charge in [0.05, 0.1) is 18.1 Å². The number of hydrogen-bond donors (Lipinski definition) is 1. The average Bonchev–Trinajstić information content (AvgIpc) is 3.14. The predicted octanol–water partition coefficient (Wildman–Crippen LogP) is 3.74. The molecule has 37 heavy (non-hydrogen) atoms. The molecule has 0 saturated carbocycles. The fourth-order valence-electron chi connectivity index (χ4n) is 4.08. The Balaban J connectivity index is 1.46. The van der Waals surface area contributed by atoms with Gasteiger partial charge in [-0.1, -0.05) is 30.0 Å². The Morgan fingerprint density at radius 2 is 1.92 bits per heavy atom. The number of nitrogens with zero attached hydrogens (tertiary/aromatic N) is 3. The van der Waals surface area contributed by atoms with Gasteiger partial charge in [-0.25, -0.2) is 22.6 Å². The van der Waals surface area contributed by atoms with Crippen LogP contribution in [-0.4, -0.2) is 42.5 Å². The highest BCUT2D eigenvalue weighted by Crippen LogP contribution is 2.28. The molecule has 2 aromatic heterocycles. The maximum absolute atomic E-state index is 15.1. The molecule has 0 amide bonds. The first-order valence-electron chi connectivity index (χ1n) is 11.5. The van der Waals surface area contributed by atoms with E-state index in [1.807, 2.05) is 29.0 Å². The van der Waals surface area contributed by atoms with Crippen molar-refractivity contribution in [2.24, 2.45) is 0 Å². The van der Waals surface area contributed by atoms with Crippen LogP contribution in [0.25, 0.3) is 11.1 Å². The largest absolute Gasteiger partial charge is 0.420 e. The van der Waals surface area contributed by atoms with E-state index in [2.05, 4.69) is 21.7 Å². The Hall–Kier alpha value is -4.01. The summed E-state index contributed by atoms with van der Waals surface area (Å²) in [6, 6.07) is 12.2. The molecule has 0 spiro atoms. The van der Waals surface area contributed by atoms with Gasteiger partial charge in [-0.05, 0) is 43.2 Å². The molecule has 3 heterocycles. The minimum atomic E-state index is -4.49. The Morgan fingerprint density at radius 1 is 1.14 bits per heavy atom. The third-order valence-electron chi connectivity index (χ3n) is 6.15. The van der Waals surface area contributed by atoms with Gasteiger partial charge in [-0.2, -0.15) is 4.39 Å². The number of aromatic nitrogens is 2. The summed E-state index contributed by atoms with van der Waals surface area (Å²) in [6.07, 6.45) is 1.19. The molecule has 5 rings (SSSR count). The van der Waals surface area contributed by atoms with E-state index in [-0.39, 0.29) is 16.9 Å². The lowest BCUT2D eigenvalue weighted by Gasteiger charge is -2.28. The molecule has 1 aliphatic rings. The highest BCUT2D eigenvalue weighted by molar-refractivity contribution is 7.92. The maximum atomic E-state index is 15.1. The fraction of sp³-hybridized carbons (Fsp3) is 0.231. The Bertz CT molecular complexity index is 1720. The number of oxazole rings is 1. The summed E-state index contributed by atoms with van der Waals surface area (Å²) in [6.45, 7) is 4.56. The molecule has 1 aliphatic heterocycles. The second-order valence-corrected chi connectivity index (χ2v) is 10.3. The van der Waals surface area contributed by atoms with Crippen LogP contribution >= 0.6 is 0 Å². The minimum absolute atomic E-state index is 0.0899. The van der Waals surface area contributed by atoms with Crippen molar-refractivity contribution >= 4 is 26.9 Å². The standard InChI is InChI=1S/C26H22F2N4O4S/c1-17(19-8-2-6-18(14-19)7-4-11-31-12-5-13-31)32-21-15-20(27)23(16-22(21)36-26(32)33)37(34,35)30-25-10-3-9-24(28)29-25/h2-3,6,8-10,14-17H,5,11-13H2,1H3,(H,29,30). The molecule has 1 fully saturated rings. The molecule has 1 N–H and O–H groups in total. The van der Waals surface area contributed by atoms with Crippen molar-refractivity contribution in [1.29, 1.82) is 0 Å². The molecule has 1 atom stereocenters. The van der Waals surface area contributed by atoms with Crippen LogP contribution in [0.3, 0.4) is 0 Å². The second-order valence-electron chi connectivity index (χ2n) is 8.67. The molecular formula is C26H22F2N4O4S. The van der Waals surface area contributed by atoms with Crippen LogP contribution in [0.1, 0.15) is 30.5 Å². The van der Waals surface area contributed by atoms with Gasteiger partial charge in [-0.15, -0.1) is 0 Å². The van der Waals surface area contributed by atoms with Crippen molar-refractivity contribution in [2.45, 2.75) is 24.3 Å². The molecule has 4 aromatic rings. The van der Waals surface area contributed by atoms with Crippen LogP contribution < -0.4 is 10.5 Å². The van der Waals surface area contributed by atoms with Crippen LogP contribution in [0, 0.1) is 23.6 Å². The van der Waals surface area contributed by atoms with Gasteiger partial charge in [0.1, 0.15) is 16.5 Å². The Labute approximate surface area is 211 Å². The minimum Gasteiger partial charge on any atom is -0.408 e. The van der Waals surface area contributed by atoms with E-state index < -0.39 is 38.5 Å². The molecule has 8 nitrogen and oxygen atoms in total. The summed E-state index contributed by atoms with van der Waals surface area (Å²) < 4.78 is 62.5. The van der Waals surface area contributed by atoms with Crippen molar-refractivity contribution in [2.75, 3.05) is 24.4 Å². The van der Waals surface area contributed by atoms with Crippen LogP contribution in [0.4, 0.5) is 14.6 Å². The summed E-state index contributed by atoms with van der Waals surface area (Å²) in [7, 11) is -4.49. The fourth-order valence-corrected chi connectivity index (χ4v) is 5.16. The van der Waals surface area contributed by atoms with Gasteiger partial charge in [0.2, 0.25) is 5.95 Å². The van der Waals surface area contributed by atoms with Gasteiger partial charge in [0.25, 0.3) is 10.0 Å². The third-order valence-corrected chi connectivity index (χ3v) is 7.52. The van der Waals surface area contributed by atoms with Crippen LogP contribution in [0.2, 0.25) is 0 Å². The Kier molecular flexibility index (Phi) is 6.54. The quantitative estimate of drug-likeness (QED) is 0.305. The number of sulfonamides is 1. The van der Waals surface area contributed by atoms with Crippen molar-refractivity contribution < 1.29 is 21.6 Å². The van der Waals surface area contributed by atoms with Crippen LogP contribution in [-0.2, 0) is 10.0 Å². The number of fused-ring (bicyclic) bond motifs is 1. The molecule has 2 aromatic carbocycles. The van der Waals surface area contributed by atoms with E-state index in [0.717, 1.165) is 42.4 Å². The van der Waals surface area contributed by atoms with Crippen molar-refractivity contribution in [3.05, 3.63) is 88.0 Å². The Morgan fingerprint density at radius 3 is 2.65 bits per heavy atom. The average molecular weight is 525 g/mol.